The lowest BCUT2D eigenvalue weighted by atomic mass is 9.88. The molecule has 1 aliphatic carbocycles. The Bertz CT molecular complexity index is 850. The van der Waals surface area contributed by atoms with E-state index in [1.807, 2.05) is 18.2 Å². The monoisotopic (exact) mass is 350 g/mol. The zero-order chi connectivity index (χ0) is 16.6. The molecule has 6 heteroatoms. The third-order valence-electron chi connectivity index (χ3n) is 4.21. The average molecular weight is 351 g/mol. The van der Waals surface area contributed by atoms with Gasteiger partial charge >= 0.3 is 0 Å². The summed E-state index contributed by atoms with van der Waals surface area (Å²) in [7, 11) is -3.60. The van der Waals surface area contributed by atoms with Crippen LogP contribution in [0.2, 0.25) is 5.02 Å². The number of nitrogens with two attached hydrogens (primary N) is 1. The van der Waals surface area contributed by atoms with Gasteiger partial charge in [0.25, 0.3) is 0 Å². The Morgan fingerprint density at radius 3 is 2.74 bits per heavy atom. The second-order valence-corrected chi connectivity index (χ2v) is 8.05. The van der Waals surface area contributed by atoms with E-state index >= 15 is 0 Å². The third-order valence-corrected chi connectivity index (χ3v) is 6.07. The zero-order valence-corrected chi connectivity index (χ0v) is 14.4. The van der Waals surface area contributed by atoms with Crippen LogP contribution in [0.15, 0.2) is 41.3 Å². The highest BCUT2D eigenvalue weighted by Gasteiger charge is 2.26. The van der Waals surface area contributed by atoms with E-state index in [1.54, 1.807) is 25.1 Å². The molecule has 4 nitrogen and oxygen atoms in total. The lowest BCUT2D eigenvalue weighted by Crippen LogP contribution is -2.31. The summed E-state index contributed by atoms with van der Waals surface area (Å²) in [5, 5.41) is 0.528. The summed E-state index contributed by atoms with van der Waals surface area (Å²) in [5.74, 6) is 0. The smallest absolute Gasteiger partial charge is 0.241 e. The van der Waals surface area contributed by atoms with Crippen LogP contribution in [0.4, 0.5) is 5.69 Å². The highest BCUT2D eigenvalue weighted by Crippen LogP contribution is 2.32. The van der Waals surface area contributed by atoms with E-state index in [0.29, 0.717) is 16.3 Å². The Morgan fingerprint density at radius 1 is 1.22 bits per heavy atom. The molecule has 1 aliphatic rings. The maximum Gasteiger partial charge on any atom is 0.241 e. The number of benzene rings is 2. The Morgan fingerprint density at radius 2 is 2.00 bits per heavy atom. The van der Waals surface area contributed by atoms with Crippen LogP contribution in [0, 0.1) is 6.92 Å². The van der Waals surface area contributed by atoms with Crippen molar-refractivity contribution < 1.29 is 8.42 Å². The molecule has 122 valence electrons. The van der Waals surface area contributed by atoms with Gasteiger partial charge in [0, 0.05) is 16.8 Å². The largest absolute Gasteiger partial charge is 0.399 e. The van der Waals surface area contributed by atoms with E-state index < -0.39 is 10.0 Å². The molecule has 1 atom stereocenters. The van der Waals surface area contributed by atoms with E-state index in [9.17, 15) is 8.42 Å². The molecule has 0 aliphatic heterocycles. The fourth-order valence-electron chi connectivity index (χ4n) is 3.12. The molecule has 1 unspecified atom stereocenters. The molecule has 2 aromatic carbocycles. The number of anilines is 1. The van der Waals surface area contributed by atoms with E-state index in [4.69, 9.17) is 17.3 Å². The zero-order valence-electron chi connectivity index (χ0n) is 12.8. The summed E-state index contributed by atoms with van der Waals surface area (Å²) in [6.45, 7) is 1.75. The molecular weight excluding hydrogens is 332 g/mol. The number of aryl methyl sites for hydroxylation is 2. The number of nitrogens with one attached hydrogen (secondary N) is 1. The molecular formula is C17H19ClN2O2S. The van der Waals surface area contributed by atoms with Crippen molar-refractivity contribution in [2.75, 3.05) is 5.73 Å². The number of fused-ring (bicyclic) bond motifs is 1. The van der Waals surface area contributed by atoms with Crippen LogP contribution in [0.5, 0.6) is 0 Å². The lowest BCUT2D eigenvalue weighted by molar-refractivity contribution is 0.507. The van der Waals surface area contributed by atoms with Crippen molar-refractivity contribution in [3.8, 4) is 0 Å². The number of rotatable bonds is 3. The van der Waals surface area contributed by atoms with Gasteiger partial charge in [-0.1, -0.05) is 17.7 Å². The van der Waals surface area contributed by atoms with Crippen LogP contribution < -0.4 is 10.5 Å². The summed E-state index contributed by atoms with van der Waals surface area (Å²) in [6, 6.07) is 10.3. The molecule has 0 spiro atoms. The third kappa shape index (κ3) is 3.37. The Kier molecular flexibility index (Phi) is 4.36. The minimum Gasteiger partial charge on any atom is -0.399 e. The molecule has 3 rings (SSSR count). The van der Waals surface area contributed by atoms with Gasteiger partial charge in [0.15, 0.2) is 0 Å². The number of hydrogen-bond donors (Lipinski definition) is 2. The predicted octanol–water partition coefficient (Wildman–Crippen LogP) is 3.59. The van der Waals surface area contributed by atoms with Gasteiger partial charge in [-0.3, -0.25) is 0 Å². The first-order chi connectivity index (χ1) is 10.9. The molecule has 0 amide bonds. The molecule has 0 bridgehead atoms. The van der Waals surface area contributed by atoms with Crippen LogP contribution in [-0.4, -0.2) is 8.42 Å². The van der Waals surface area contributed by atoms with Gasteiger partial charge in [-0.05, 0) is 73.2 Å². The van der Waals surface area contributed by atoms with Crippen LogP contribution >= 0.6 is 11.6 Å². The molecule has 0 radical (unpaired) electrons. The SMILES string of the molecule is Cc1cc(Cl)ccc1S(=O)(=O)NC1CCCc2cc(N)ccc21. The number of nitrogen functional groups attached to an aromatic ring is 1. The van der Waals surface area contributed by atoms with E-state index in [2.05, 4.69) is 4.72 Å². The van der Waals surface area contributed by atoms with E-state index in [-0.39, 0.29) is 10.9 Å². The van der Waals surface area contributed by atoms with Gasteiger partial charge in [-0.2, -0.15) is 0 Å². The van der Waals surface area contributed by atoms with Crippen molar-refractivity contribution in [2.24, 2.45) is 0 Å². The number of halogens is 1. The summed E-state index contributed by atoms with van der Waals surface area (Å²) in [5.41, 5.74) is 9.31. The predicted molar refractivity (Wildman–Crippen MR) is 93.0 cm³/mol. The molecule has 2 aromatic rings. The maximum absolute atomic E-state index is 12.7. The van der Waals surface area contributed by atoms with Crippen molar-refractivity contribution >= 4 is 27.3 Å². The second kappa shape index (κ2) is 6.15. The Balaban J connectivity index is 1.93. The van der Waals surface area contributed by atoms with Crippen LogP contribution in [0.1, 0.15) is 35.6 Å². The van der Waals surface area contributed by atoms with Gasteiger partial charge in [0.1, 0.15) is 0 Å². The minimum absolute atomic E-state index is 0.223. The Hall–Kier alpha value is -1.56. The minimum atomic E-state index is -3.60. The van der Waals surface area contributed by atoms with Crippen molar-refractivity contribution in [3.05, 3.63) is 58.1 Å². The first kappa shape index (κ1) is 16.3. The average Bonchev–Trinajstić information content (AvgIpc) is 2.46. The fourth-order valence-corrected chi connectivity index (χ4v) is 4.82. The van der Waals surface area contributed by atoms with Gasteiger partial charge in [0.2, 0.25) is 10.0 Å². The van der Waals surface area contributed by atoms with Crippen molar-refractivity contribution in [1.82, 2.24) is 4.72 Å². The Labute approximate surface area is 141 Å². The molecule has 0 fully saturated rings. The summed E-state index contributed by atoms with van der Waals surface area (Å²) in [6.07, 6.45) is 2.64. The quantitative estimate of drug-likeness (QED) is 0.831. The van der Waals surface area contributed by atoms with Crippen LogP contribution in [0.25, 0.3) is 0 Å². The van der Waals surface area contributed by atoms with Crippen LogP contribution in [-0.2, 0) is 16.4 Å². The summed E-state index contributed by atoms with van der Waals surface area (Å²) < 4.78 is 28.3. The first-order valence-corrected chi connectivity index (χ1v) is 9.40. The van der Waals surface area contributed by atoms with E-state index in [0.717, 1.165) is 30.4 Å². The van der Waals surface area contributed by atoms with Crippen molar-refractivity contribution in [1.29, 1.82) is 0 Å². The summed E-state index contributed by atoms with van der Waals surface area (Å²) in [4.78, 5) is 0.268. The number of sulfonamides is 1. The lowest BCUT2D eigenvalue weighted by Gasteiger charge is -2.26. The normalized spacial score (nSPS) is 17.7. The van der Waals surface area contributed by atoms with Gasteiger partial charge < -0.3 is 5.73 Å². The summed E-state index contributed by atoms with van der Waals surface area (Å²) >= 11 is 5.91. The maximum atomic E-state index is 12.7. The second-order valence-electron chi connectivity index (χ2n) is 5.93. The van der Waals surface area contributed by atoms with Gasteiger partial charge in [0.05, 0.1) is 4.90 Å². The molecule has 0 saturated heterocycles. The molecule has 0 heterocycles. The molecule has 0 aromatic heterocycles. The standard InChI is InChI=1S/C17H19ClN2O2S/c1-11-9-13(18)5-8-17(11)23(21,22)20-16-4-2-3-12-10-14(19)6-7-15(12)16/h5-10,16,20H,2-4,19H2,1H3. The number of hydrogen-bond acceptors (Lipinski definition) is 3. The van der Waals surface area contributed by atoms with Crippen LogP contribution in [0.3, 0.4) is 0 Å². The molecule has 23 heavy (non-hydrogen) atoms. The van der Waals surface area contributed by atoms with Crippen molar-refractivity contribution in [2.45, 2.75) is 37.1 Å². The first-order valence-electron chi connectivity index (χ1n) is 7.53. The topological polar surface area (TPSA) is 72.2 Å². The van der Waals surface area contributed by atoms with Gasteiger partial charge in [-0.25, -0.2) is 13.1 Å². The molecule has 0 saturated carbocycles. The fraction of sp³-hybridized carbons (Fsp3) is 0.294. The van der Waals surface area contributed by atoms with Gasteiger partial charge in [-0.15, -0.1) is 0 Å². The highest BCUT2D eigenvalue weighted by atomic mass is 35.5. The van der Waals surface area contributed by atoms with E-state index in [1.165, 1.54) is 0 Å². The highest BCUT2D eigenvalue weighted by molar-refractivity contribution is 7.89. The van der Waals surface area contributed by atoms with Crippen molar-refractivity contribution in [3.63, 3.8) is 0 Å². The molecule has 3 N–H and O–H groups in total.